The van der Waals surface area contributed by atoms with E-state index in [0.717, 1.165) is 44.3 Å². The van der Waals surface area contributed by atoms with Crippen LogP contribution in [0.1, 0.15) is 70.5 Å². The van der Waals surface area contributed by atoms with Crippen LogP contribution < -0.4 is 14.8 Å². The second-order valence-electron chi connectivity index (χ2n) is 10.6. The van der Waals surface area contributed by atoms with Crippen LogP contribution in [0.4, 0.5) is 0 Å². The molecular weight excluding hydrogens is 416 g/mol. The van der Waals surface area contributed by atoms with Crippen LogP contribution in [-0.4, -0.2) is 54.8 Å². The number of aliphatic hydroxyl groups is 1. The molecule has 1 saturated heterocycles. The molecule has 1 aliphatic carbocycles. The van der Waals surface area contributed by atoms with Crippen molar-refractivity contribution in [1.82, 2.24) is 10.2 Å². The first kappa shape index (κ1) is 24.1. The zero-order chi connectivity index (χ0) is 23.4. The molecule has 6 heteroatoms. The number of carbonyl (C=O) groups excluding carboxylic acids is 1. The van der Waals surface area contributed by atoms with Gasteiger partial charge in [0.25, 0.3) is 0 Å². The molecular formula is C27H40N2O4. The molecule has 4 rings (SSSR count). The van der Waals surface area contributed by atoms with E-state index >= 15 is 0 Å². The van der Waals surface area contributed by atoms with Gasteiger partial charge >= 0.3 is 0 Å². The molecule has 6 nitrogen and oxygen atoms in total. The average Bonchev–Trinajstić information content (AvgIpc) is 3.30. The smallest absolute Gasteiger partial charge is 0.220 e. The topological polar surface area (TPSA) is 71.0 Å². The van der Waals surface area contributed by atoms with E-state index < -0.39 is 6.10 Å². The Balaban J connectivity index is 1.47. The van der Waals surface area contributed by atoms with Crippen LogP contribution in [0.25, 0.3) is 0 Å². The van der Waals surface area contributed by atoms with Gasteiger partial charge in [-0.15, -0.1) is 0 Å². The normalized spacial score (nSPS) is 27.2. The van der Waals surface area contributed by atoms with Crippen LogP contribution in [0.15, 0.2) is 30.4 Å². The third-order valence-electron chi connectivity index (χ3n) is 7.49. The number of likely N-dealkylation sites (tertiary alicyclic amines) is 1. The average molecular weight is 457 g/mol. The van der Waals surface area contributed by atoms with E-state index in [2.05, 4.69) is 30.6 Å². The van der Waals surface area contributed by atoms with Crippen molar-refractivity contribution in [2.75, 3.05) is 32.8 Å². The van der Waals surface area contributed by atoms with E-state index in [0.29, 0.717) is 43.6 Å². The summed E-state index contributed by atoms with van der Waals surface area (Å²) in [4.78, 5) is 15.6. The highest BCUT2D eigenvalue weighted by molar-refractivity contribution is 5.77. The molecule has 0 aromatic heterocycles. The van der Waals surface area contributed by atoms with Gasteiger partial charge in [0.1, 0.15) is 19.3 Å². The second-order valence-corrected chi connectivity index (χ2v) is 10.6. The van der Waals surface area contributed by atoms with Crippen LogP contribution in [0.3, 0.4) is 0 Å². The Labute approximate surface area is 198 Å². The van der Waals surface area contributed by atoms with Gasteiger partial charge in [-0.05, 0) is 74.2 Å². The van der Waals surface area contributed by atoms with Gasteiger partial charge < -0.3 is 24.8 Å². The fourth-order valence-corrected chi connectivity index (χ4v) is 5.94. The highest BCUT2D eigenvalue weighted by Crippen LogP contribution is 2.44. The highest BCUT2D eigenvalue weighted by Gasteiger charge is 2.36. The van der Waals surface area contributed by atoms with Gasteiger partial charge in [-0.2, -0.15) is 0 Å². The summed E-state index contributed by atoms with van der Waals surface area (Å²) in [5.74, 6) is 1.98. The van der Waals surface area contributed by atoms with Crippen LogP contribution in [-0.2, 0) is 4.79 Å². The Hall–Kier alpha value is -2.05. The van der Waals surface area contributed by atoms with Crippen molar-refractivity contribution in [2.45, 2.75) is 70.9 Å². The van der Waals surface area contributed by atoms with Crippen LogP contribution in [0, 0.1) is 11.3 Å². The summed E-state index contributed by atoms with van der Waals surface area (Å²) in [6.45, 7) is 12.4. The lowest BCUT2D eigenvalue weighted by Gasteiger charge is -2.39. The Morgan fingerprint density at radius 3 is 2.73 bits per heavy atom. The van der Waals surface area contributed by atoms with Gasteiger partial charge in [-0.25, -0.2) is 0 Å². The molecule has 0 radical (unpaired) electrons. The lowest BCUT2D eigenvalue weighted by molar-refractivity contribution is -0.125. The Morgan fingerprint density at radius 1 is 1.27 bits per heavy atom. The van der Waals surface area contributed by atoms with Gasteiger partial charge in [-0.1, -0.05) is 38.5 Å². The van der Waals surface area contributed by atoms with Gasteiger partial charge in [0.05, 0.1) is 6.04 Å². The van der Waals surface area contributed by atoms with Gasteiger partial charge in [0.15, 0.2) is 11.5 Å². The molecule has 3 unspecified atom stereocenters. The molecule has 3 aliphatic rings. The van der Waals surface area contributed by atoms with E-state index in [1.54, 1.807) is 0 Å². The third-order valence-corrected chi connectivity index (χ3v) is 7.49. The summed E-state index contributed by atoms with van der Waals surface area (Å²) in [5, 5.41) is 14.5. The fourth-order valence-electron chi connectivity index (χ4n) is 5.94. The van der Waals surface area contributed by atoms with Crippen molar-refractivity contribution in [3.05, 3.63) is 35.9 Å². The number of nitrogens with zero attached hydrogens (tertiary/aromatic N) is 1. The number of aliphatic hydroxyl groups excluding tert-OH is 1. The standard InChI is InChI=1S/C27H40N2O4/c1-4-20-13-19(2)15-27(3,16-20)17-25(30)28-22(18-29-9-5-6-10-29)26(31)21-7-8-23-24(14-21)33-12-11-32-23/h7-8,14,20,22,26,31H,2,4-6,9-13,15-18H2,1,3H3,(H,28,30)/t20?,22-,26?,27?/m0/s1. The Morgan fingerprint density at radius 2 is 2.00 bits per heavy atom. The summed E-state index contributed by atoms with van der Waals surface area (Å²) < 4.78 is 11.3. The molecule has 0 bridgehead atoms. The lowest BCUT2D eigenvalue weighted by Crippen LogP contribution is -2.48. The van der Waals surface area contributed by atoms with E-state index in [9.17, 15) is 9.90 Å². The molecule has 1 saturated carbocycles. The number of ether oxygens (including phenoxy) is 2. The summed E-state index contributed by atoms with van der Waals surface area (Å²) in [5.41, 5.74) is 1.93. The van der Waals surface area contributed by atoms with E-state index in [4.69, 9.17) is 9.47 Å². The molecule has 2 N–H and O–H groups in total. The Kier molecular flexibility index (Phi) is 7.65. The van der Waals surface area contributed by atoms with Crippen LogP contribution in [0.5, 0.6) is 11.5 Å². The minimum absolute atomic E-state index is 0.0165. The Bertz CT molecular complexity index is 851. The predicted octanol–water partition coefficient (Wildman–Crippen LogP) is 4.23. The molecule has 4 atom stereocenters. The monoisotopic (exact) mass is 456 g/mol. The predicted molar refractivity (Wildman–Crippen MR) is 129 cm³/mol. The SMILES string of the molecule is C=C1CC(CC)CC(C)(CC(=O)N[C@@H](CN2CCCC2)C(O)c2ccc3c(c2)OCCO3)C1. The first-order chi connectivity index (χ1) is 15.8. The number of hydrogen-bond acceptors (Lipinski definition) is 5. The number of carbonyl (C=O) groups is 1. The molecule has 0 spiro atoms. The summed E-state index contributed by atoms with van der Waals surface area (Å²) >= 11 is 0. The van der Waals surface area contributed by atoms with Crippen molar-refractivity contribution in [2.24, 2.45) is 11.3 Å². The maximum Gasteiger partial charge on any atom is 0.220 e. The maximum atomic E-state index is 13.3. The second kappa shape index (κ2) is 10.5. The molecule has 1 amide bonds. The molecule has 2 fully saturated rings. The van der Waals surface area contributed by atoms with Gasteiger partial charge in [-0.3, -0.25) is 4.79 Å². The number of fused-ring (bicyclic) bond motifs is 1. The van der Waals surface area contributed by atoms with Crippen molar-refractivity contribution in [3.8, 4) is 11.5 Å². The van der Waals surface area contributed by atoms with E-state index in [1.807, 2.05) is 18.2 Å². The van der Waals surface area contributed by atoms with E-state index in [1.165, 1.54) is 18.4 Å². The van der Waals surface area contributed by atoms with Gasteiger partial charge in [0.2, 0.25) is 5.91 Å². The quantitative estimate of drug-likeness (QED) is 0.573. The summed E-state index contributed by atoms with van der Waals surface area (Å²) in [6.07, 6.45) is 6.13. The lowest BCUT2D eigenvalue weighted by atomic mass is 9.66. The molecule has 1 aromatic rings. The zero-order valence-corrected chi connectivity index (χ0v) is 20.3. The number of amides is 1. The number of allylic oxidation sites excluding steroid dienone is 1. The molecule has 1 aromatic carbocycles. The highest BCUT2D eigenvalue weighted by atomic mass is 16.6. The molecule has 33 heavy (non-hydrogen) atoms. The number of nitrogens with one attached hydrogen (secondary N) is 1. The number of hydrogen-bond donors (Lipinski definition) is 2. The molecule has 182 valence electrons. The molecule has 2 aliphatic heterocycles. The summed E-state index contributed by atoms with van der Waals surface area (Å²) in [6, 6.07) is 5.19. The van der Waals surface area contributed by atoms with Crippen LogP contribution >= 0.6 is 0 Å². The van der Waals surface area contributed by atoms with Crippen molar-refractivity contribution >= 4 is 5.91 Å². The first-order valence-corrected chi connectivity index (χ1v) is 12.6. The molecule has 2 heterocycles. The summed E-state index contributed by atoms with van der Waals surface area (Å²) in [7, 11) is 0. The van der Waals surface area contributed by atoms with Crippen molar-refractivity contribution in [3.63, 3.8) is 0 Å². The number of benzene rings is 1. The first-order valence-electron chi connectivity index (χ1n) is 12.6. The largest absolute Gasteiger partial charge is 0.486 e. The minimum Gasteiger partial charge on any atom is -0.486 e. The number of rotatable bonds is 8. The van der Waals surface area contributed by atoms with E-state index in [-0.39, 0.29) is 17.4 Å². The van der Waals surface area contributed by atoms with Crippen LogP contribution in [0.2, 0.25) is 0 Å². The van der Waals surface area contributed by atoms with Gasteiger partial charge in [0, 0.05) is 13.0 Å². The third kappa shape index (κ3) is 6.10. The van der Waals surface area contributed by atoms with Crippen molar-refractivity contribution < 1.29 is 19.4 Å². The minimum atomic E-state index is -0.817. The maximum absolute atomic E-state index is 13.3. The fraction of sp³-hybridized carbons (Fsp3) is 0.667. The zero-order valence-electron chi connectivity index (χ0n) is 20.3. The van der Waals surface area contributed by atoms with Crippen molar-refractivity contribution in [1.29, 1.82) is 0 Å².